The fourth-order valence-corrected chi connectivity index (χ4v) is 5.50. The molecule has 3 atom stereocenters. The van der Waals surface area contributed by atoms with E-state index < -0.39 is 0 Å². The predicted molar refractivity (Wildman–Crippen MR) is 107 cm³/mol. The lowest BCUT2D eigenvalue weighted by atomic mass is 9.75. The van der Waals surface area contributed by atoms with Crippen molar-refractivity contribution in [2.45, 2.75) is 30.8 Å². The van der Waals surface area contributed by atoms with Crippen molar-refractivity contribution in [1.29, 1.82) is 0 Å². The number of likely N-dealkylation sites (tertiary alicyclic amines) is 1. The van der Waals surface area contributed by atoms with Crippen LogP contribution in [0.5, 0.6) is 5.75 Å². The second kappa shape index (κ2) is 6.78. The number of nitrogens with two attached hydrogens (primary N) is 1. The van der Waals surface area contributed by atoms with Gasteiger partial charge < -0.3 is 15.4 Å². The third-order valence-electron chi connectivity index (χ3n) is 6.83. The molecule has 3 unspecified atom stereocenters. The number of amides is 1. The lowest BCUT2D eigenvalue weighted by Gasteiger charge is -2.51. The quantitative estimate of drug-likeness (QED) is 0.888. The molecule has 0 saturated carbocycles. The Labute approximate surface area is 165 Å². The van der Waals surface area contributed by atoms with Gasteiger partial charge in [0.05, 0.1) is 18.7 Å². The van der Waals surface area contributed by atoms with E-state index in [1.165, 1.54) is 18.4 Å². The molecular weight excluding hydrogens is 352 g/mol. The summed E-state index contributed by atoms with van der Waals surface area (Å²) in [5, 5.41) is 0. The van der Waals surface area contributed by atoms with E-state index in [2.05, 4.69) is 26.9 Å². The van der Waals surface area contributed by atoms with Crippen LogP contribution in [-0.4, -0.2) is 59.5 Å². The maximum atomic E-state index is 13.4. The average Bonchev–Trinajstić information content (AvgIpc) is 3.17. The second-order valence-corrected chi connectivity index (χ2v) is 8.16. The van der Waals surface area contributed by atoms with Crippen LogP contribution in [0.2, 0.25) is 0 Å². The fraction of sp³-hybridized carbons (Fsp3) is 0.455. The fourth-order valence-electron chi connectivity index (χ4n) is 5.50. The Bertz CT molecular complexity index is 859. The number of aromatic nitrogens is 1. The number of hydrogen-bond donors (Lipinski definition) is 1. The Hall–Kier alpha value is -2.60. The van der Waals surface area contributed by atoms with Gasteiger partial charge in [0.15, 0.2) is 0 Å². The molecule has 6 heteroatoms. The van der Waals surface area contributed by atoms with E-state index in [9.17, 15) is 4.79 Å². The van der Waals surface area contributed by atoms with Gasteiger partial charge in [-0.1, -0.05) is 12.1 Å². The molecule has 1 aromatic carbocycles. The van der Waals surface area contributed by atoms with Crippen LogP contribution in [0, 0.1) is 5.92 Å². The number of fused-ring (bicyclic) bond motifs is 2. The highest BCUT2D eigenvalue weighted by atomic mass is 16.5. The summed E-state index contributed by atoms with van der Waals surface area (Å²) >= 11 is 0. The zero-order chi connectivity index (χ0) is 19.3. The number of benzene rings is 1. The van der Waals surface area contributed by atoms with Crippen molar-refractivity contribution in [2.75, 3.05) is 32.5 Å². The van der Waals surface area contributed by atoms with Crippen LogP contribution in [0.3, 0.4) is 0 Å². The minimum absolute atomic E-state index is 0.0762. The van der Waals surface area contributed by atoms with Crippen LogP contribution in [0.1, 0.15) is 34.7 Å². The Balaban J connectivity index is 1.49. The number of ether oxygens (including phenoxy) is 1. The summed E-state index contributed by atoms with van der Waals surface area (Å²) < 4.78 is 5.32. The van der Waals surface area contributed by atoms with Crippen LogP contribution < -0.4 is 10.5 Å². The Kier molecular flexibility index (Phi) is 4.23. The van der Waals surface area contributed by atoms with Gasteiger partial charge in [-0.05, 0) is 61.7 Å². The molecule has 146 valence electrons. The monoisotopic (exact) mass is 378 g/mol. The normalized spacial score (nSPS) is 30.9. The molecule has 1 aromatic heterocycles. The first-order chi connectivity index (χ1) is 13.7. The molecule has 4 saturated heterocycles. The van der Waals surface area contributed by atoms with Crippen LogP contribution in [0.4, 0.5) is 5.82 Å². The number of pyridine rings is 1. The van der Waals surface area contributed by atoms with Gasteiger partial charge in [-0.2, -0.15) is 0 Å². The molecule has 2 aromatic rings. The van der Waals surface area contributed by atoms with Crippen LogP contribution >= 0.6 is 0 Å². The number of carbonyl (C=O) groups is 1. The van der Waals surface area contributed by atoms with Crippen LogP contribution in [-0.2, 0) is 0 Å². The highest BCUT2D eigenvalue weighted by Crippen LogP contribution is 2.47. The molecule has 0 radical (unpaired) electrons. The topological polar surface area (TPSA) is 71.7 Å². The van der Waals surface area contributed by atoms with E-state index >= 15 is 0 Å². The van der Waals surface area contributed by atoms with E-state index in [4.69, 9.17) is 10.5 Å². The lowest BCUT2D eigenvalue weighted by molar-refractivity contribution is -0.00341. The summed E-state index contributed by atoms with van der Waals surface area (Å²) in [6.45, 7) is 3.03. The zero-order valence-electron chi connectivity index (χ0n) is 16.1. The molecule has 1 amide bonds. The summed E-state index contributed by atoms with van der Waals surface area (Å²) in [7, 11) is 1.69. The molecule has 6 rings (SSSR count). The van der Waals surface area contributed by atoms with Gasteiger partial charge in [0.25, 0.3) is 5.91 Å². The number of nitrogen functional groups attached to an aromatic ring is 1. The number of nitrogens with zero attached hydrogens (tertiary/aromatic N) is 3. The van der Waals surface area contributed by atoms with Crippen molar-refractivity contribution in [3.63, 3.8) is 0 Å². The molecule has 28 heavy (non-hydrogen) atoms. The number of piperidine rings is 3. The Morgan fingerprint density at radius 2 is 1.86 bits per heavy atom. The van der Waals surface area contributed by atoms with E-state index in [-0.39, 0.29) is 11.9 Å². The van der Waals surface area contributed by atoms with Gasteiger partial charge in [-0.25, -0.2) is 4.98 Å². The maximum absolute atomic E-state index is 13.4. The standard InChI is InChI=1S/C22H26N4O2/c1-28-17-5-2-14(3-6-17)18-13-26(22(27)16-4-7-19(23)24-12-16)20-15-8-10-25(11-9-15)21(18)20/h2-7,12,15,18,20-21H,8-11,13H2,1H3,(H2,23,24). The summed E-state index contributed by atoms with van der Waals surface area (Å²) in [5.74, 6) is 2.29. The smallest absolute Gasteiger partial charge is 0.255 e. The summed E-state index contributed by atoms with van der Waals surface area (Å²) in [6, 6.07) is 12.5. The first kappa shape index (κ1) is 17.5. The minimum atomic E-state index is 0.0762. The van der Waals surface area contributed by atoms with Gasteiger partial charge in [0.2, 0.25) is 0 Å². The SMILES string of the molecule is COc1ccc(C2CN(C(=O)c3ccc(N)nc3)C3C4CCN(CC4)C23)cc1. The van der Waals surface area contributed by atoms with Crippen molar-refractivity contribution >= 4 is 11.7 Å². The van der Waals surface area contributed by atoms with Crippen molar-refractivity contribution in [3.8, 4) is 5.75 Å². The summed E-state index contributed by atoms with van der Waals surface area (Å²) in [5.41, 5.74) is 7.62. The summed E-state index contributed by atoms with van der Waals surface area (Å²) in [6.07, 6.45) is 3.97. The molecule has 2 N–H and O–H groups in total. The molecule has 2 bridgehead atoms. The molecular formula is C22H26N4O2. The zero-order valence-corrected chi connectivity index (χ0v) is 16.1. The van der Waals surface area contributed by atoms with Gasteiger partial charge in [0.1, 0.15) is 11.6 Å². The van der Waals surface area contributed by atoms with E-state index in [1.807, 2.05) is 12.1 Å². The van der Waals surface area contributed by atoms with Crippen LogP contribution in [0.15, 0.2) is 42.6 Å². The molecule has 4 fully saturated rings. The summed E-state index contributed by atoms with van der Waals surface area (Å²) in [4.78, 5) is 22.2. The molecule has 5 heterocycles. The van der Waals surface area contributed by atoms with Crippen LogP contribution in [0.25, 0.3) is 0 Å². The van der Waals surface area contributed by atoms with Crippen molar-refractivity contribution in [1.82, 2.24) is 14.8 Å². The van der Waals surface area contributed by atoms with E-state index in [0.29, 0.717) is 29.3 Å². The number of rotatable bonds is 3. The van der Waals surface area contributed by atoms with Crippen molar-refractivity contribution in [2.24, 2.45) is 5.92 Å². The number of anilines is 1. The average molecular weight is 378 g/mol. The molecule has 4 aliphatic rings. The number of carbonyl (C=O) groups excluding carboxylic acids is 1. The molecule has 6 nitrogen and oxygen atoms in total. The van der Waals surface area contributed by atoms with Gasteiger partial charge in [0, 0.05) is 24.7 Å². The van der Waals surface area contributed by atoms with E-state index in [0.717, 1.165) is 25.4 Å². The Morgan fingerprint density at radius 1 is 1.11 bits per heavy atom. The third kappa shape index (κ3) is 2.75. The van der Waals surface area contributed by atoms with E-state index in [1.54, 1.807) is 25.4 Å². The molecule has 4 aliphatic heterocycles. The first-order valence-corrected chi connectivity index (χ1v) is 10.1. The maximum Gasteiger partial charge on any atom is 0.255 e. The van der Waals surface area contributed by atoms with Gasteiger partial charge in [-0.3, -0.25) is 9.69 Å². The number of methoxy groups -OCH3 is 1. The molecule has 0 aliphatic carbocycles. The van der Waals surface area contributed by atoms with Crippen molar-refractivity contribution < 1.29 is 9.53 Å². The Morgan fingerprint density at radius 3 is 2.50 bits per heavy atom. The largest absolute Gasteiger partial charge is 0.497 e. The highest BCUT2D eigenvalue weighted by molar-refractivity contribution is 5.94. The third-order valence-corrected chi connectivity index (χ3v) is 6.83. The molecule has 0 spiro atoms. The lowest BCUT2D eigenvalue weighted by Crippen LogP contribution is -2.60. The minimum Gasteiger partial charge on any atom is -0.497 e. The number of hydrogen-bond acceptors (Lipinski definition) is 5. The van der Waals surface area contributed by atoms with Gasteiger partial charge >= 0.3 is 0 Å². The highest BCUT2D eigenvalue weighted by Gasteiger charge is 2.54. The van der Waals surface area contributed by atoms with Crippen molar-refractivity contribution in [3.05, 3.63) is 53.7 Å². The first-order valence-electron chi connectivity index (χ1n) is 10.1. The predicted octanol–water partition coefficient (Wildman–Crippen LogP) is 2.37. The van der Waals surface area contributed by atoms with Gasteiger partial charge in [-0.15, -0.1) is 0 Å². The second-order valence-electron chi connectivity index (χ2n) is 8.16.